The van der Waals surface area contributed by atoms with Crippen LogP contribution in [0.5, 0.6) is 0 Å². The van der Waals surface area contributed by atoms with Gasteiger partial charge in [0.2, 0.25) is 5.91 Å². The molecular formula is C18H16F4N6O. The quantitative estimate of drug-likeness (QED) is 0.673. The van der Waals surface area contributed by atoms with Crippen LogP contribution >= 0.6 is 0 Å². The molecule has 3 aromatic heterocycles. The number of pyridine rings is 1. The summed E-state index contributed by atoms with van der Waals surface area (Å²) >= 11 is 0. The Bertz CT molecular complexity index is 1080. The van der Waals surface area contributed by atoms with Gasteiger partial charge in [-0.05, 0) is 25.0 Å². The van der Waals surface area contributed by atoms with Gasteiger partial charge in [0.1, 0.15) is 11.3 Å². The number of halogens is 4. The minimum atomic E-state index is -4.53. The maximum atomic E-state index is 14.4. The molecule has 0 bridgehead atoms. The Morgan fingerprint density at radius 2 is 2.00 bits per heavy atom. The minimum absolute atomic E-state index is 0.0226. The first kappa shape index (κ1) is 19.1. The molecule has 0 spiro atoms. The van der Waals surface area contributed by atoms with Crippen molar-refractivity contribution in [2.24, 2.45) is 11.7 Å². The average molecular weight is 408 g/mol. The van der Waals surface area contributed by atoms with Gasteiger partial charge in [-0.25, -0.2) is 19.3 Å². The zero-order valence-corrected chi connectivity index (χ0v) is 15.0. The molecule has 1 aliphatic rings. The summed E-state index contributed by atoms with van der Waals surface area (Å²) in [6, 6.07) is 2.17. The molecule has 4 rings (SSSR count). The molecule has 0 aliphatic carbocycles. The fourth-order valence-corrected chi connectivity index (χ4v) is 3.42. The molecule has 1 amide bonds. The number of rotatable bonds is 3. The van der Waals surface area contributed by atoms with Gasteiger partial charge in [0, 0.05) is 19.3 Å². The van der Waals surface area contributed by atoms with Gasteiger partial charge in [-0.2, -0.15) is 13.2 Å². The van der Waals surface area contributed by atoms with Gasteiger partial charge in [-0.1, -0.05) is 0 Å². The summed E-state index contributed by atoms with van der Waals surface area (Å²) in [5.74, 6) is -1.58. The van der Waals surface area contributed by atoms with Gasteiger partial charge in [-0.15, -0.1) is 0 Å². The van der Waals surface area contributed by atoms with Gasteiger partial charge in [0.15, 0.2) is 17.5 Å². The highest BCUT2D eigenvalue weighted by Gasteiger charge is 2.31. The lowest BCUT2D eigenvalue weighted by atomic mass is 9.97. The largest absolute Gasteiger partial charge is 0.417 e. The zero-order valence-electron chi connectivity index (χ0n) is 15.0. The Kier molecular flexibility index (Phi) is 4.59. The number of primary amides is 1. The van der Waals surface area contributed by atoms with E-state index in [-0.39, 0.29) is 29.5 Å². The molecule has 1 aliphatic heterocycles. The molecule has 1 fully saturated rings. The number of aromatic nitrogens is 4. The Balaban J connectivity index is 1.75. The molecular weight excluding hydrogens is 392 g/mol. The van der Waals surface area contributed by atoms with Crippen LogP contribution < -0.4 is 10.6 Å². The molecule has 0 radical (unpaired) electrons. The molecule has 1 atom stereocenters. The van der Waals surface area contributed by atoms with E-state index < -0.39 is 29.4 Å². The summed E-state index contributed by atoms with van der Waals surface area (Å²) in [6.45, 7) is 0.691. The number of nitrogens with two attached hydrogens (primary N) is 1. The third kappa shape index (κ3) is 3.59. The highest BCUT2D eigenvalue weighted by Crippen LogP contribution is 2.31. The van der Waals surface area contributed by atoms with E-state index in [1.165, 1.54) is 16.7 Å². The van der Waals surface area contributed by atoms with E-state index >= 15 is 0 Å². The van der Waals surface area contributed by atoms with Crippen LogP contribution in [-0.2, 0) is 11.0 Å². The van der Waals surface area contributed by atoms with E-state index in [0.29, 0.717) is 19.4 Å². The molecule has 3 aromatic rings. The number of carbonyl (C=O) groups is 1. The van der Waals surface area contributed by atoms with Crippen LogP contribution in [0, 0.1) is 11.7 Å². The lowest BCUT2D eigenvalue weighted by Gasteiger charge is -2.32. The van der Waals surface area contributed by atoms with Gasteiger partial charge in [0.05, 0.1) is 23.9 Å². The molecule has 0 unspecified atom stereocenters. The molecule has 4 heterocycles. The number of nitrogens with zero attached hydrogens (tertiary/aromatic N) is 5. The van der Waals surface area contributed by atoms with E-state index in [4.69, 9.17) is 5.73 Å². The third-order valence-corrected chi connectivity index (χ3v) is 4.91. The molecule has 29 heavy (non-hydrogen) atoms. The standard InChI is InChI=1S/C18H16F4N6O/c19-12-6-25-16(26-17(12)27-5-1-2-10(8-27)15(23)29)13-7-24-14-4-3-11(9-28(13)14)18(20,21)22/h3-4,6-7,9-10H,1-2,5,8H2,(H2,23,29)/t10-/m1/s1. The van der Waals surface area contributed by atoms with Crippen molar-refractivity contribution in [2.75, 3.05) is 18.0 Å². The third-order valence-electron chi connectivity index (χ3n) is 4.91. The van der Waals surface area contributed by atoms with Crippen LogP contribution in [0.25, 0.3) is 17.2 Å². The first-order valence-corrected chi connectivity index (χ1v) is 8.85. The number of fused-ring (bicyclic) bond motifs is 1. The van der Waals surface area contributed by atoms with Crippen molar-refractivity contribution >= 4 is 17.4 Å². The van der Waals surface area contributed by atoms with Crippen LogP contribution in [0.2, 0.25) is 0 Å². The van der Waals surface area contributed by atoms with Crippen LogP contribution in [0.4, 0.5) is 23.4 Å². The molecule has 0 aromatic carbocycles. The number of alkyl halides is 3. The second-order valence-corrected chi connectivity index (χ2v) is 6.84. The lowest BCUT2D eigenvalue weighted by molar-refractivity contribution is -0.137. The van der Waals surface area contributed by atoms with Crippen molar-refractivity contribution in [2.45, 2.75) is 19.0 Å². The topological polar surface area (TPSA) is 89.4 Å². The average Bonchev–Trinajstić information content (AvgIpc) is 3.11. The SMILES string of the molecule is NC(=O)[C@@H]1CCCN(c2nc(-c3cnc4ccc(C(F)(F)F)cn34)ncc2F)C1. The van der Waals surface area contributed by atoms with Crippen molar-refractivity contribution in [3.8, 4) is 11.5 Å². The molecule has 11 heteroatoms. The van der Waals surface area contributed by atoms with Crippen molar-refractivity contribution in [3.05, 3.63) is 42.1 Å². The molecule has 152 valence electrons. The van der Waals surface area contributed by atoms with Gasteiger partial charge < -0.3 is 10.6 Å². The van der Waals surface area contributed by atoms with Crippen molar-refractivity contribution in [1.82, 2.24) is 19.4 Å². The fourth-order valence-electron chi connectivity index (χ4n) is 3.42. The molecule has 0 saturated carbocycles. The van der Waals surface area contributed by atoms with E-state index in [2.05, 4.69) is 15.0 Å². The lowest BCUT2D eigenvalue weighted by Crippen LogP contribution is -2.42. The van der Waals surface area contributed by atoms with Crippen molar-refractivity contribution < 1.29 is 22.4 Å². The van der Waals surface area contributed by atoms with Crippen LogP contribution in [0.15, 0.2) is 30.7 Å². The summed E-state index contributed by atoms with van der Waals surface area (Å²) in [6.07, 6.45) is -0.0977. The van der Waals surface area contributed by atoms with E-state index in [1.54, 1.807) is 4.90 Å². The predicted octanol–water partition coefficient (Wildman–Crippen LogP) is 2.65. The second-order valence-electron chi connectivity index (χ2n) is 6.84. The number of piperidine rings is 1. The molecule has 1 saturated heterocycles. The fraction of sp³-hybridized carbons (Fsp3) is 0.333. The normalized spacial score (nSPS) is 17.7. The summed E-state index contributed by atoms with van der Waals surface area (Å²) in [5, 5.41) is 0. The van der Waals surface area contributed by atoms with Crippen molar-refractivity contribution in [1.29, 1.82) is 0 Å². The molecule has 7 nitrogen and oxygen atoms in total. The summed E-state index contributed by atoms with van der Waals surface area (Å²) in [7, 11) is 0. The Morgan fingerprint density at radius 1 is 1.21 bits per heavy atom. The number of hydrogen-bond donors (Lipinski definition) is 1. The Labute approximate surface area is 162 Å². The van der Waals surface area contributed by atoms with E-state index in [1.807, 2.05) is 0 Å². The number of hydrogen-bond acceptors (Lipinski definition) is 5. The highest BCUT2D eigenvalue weighted by molar-refractivity contribution is 5.77. The van der Waals surface area contributed by atoms with Gasteiger partial charge in [0.25, 0.3) is 0 Å². The van der Waals surface area contributed by atoms with Crippen LogP contribution in [0.3, 0.4) is 0 Å². The zero-order chi connectivity index (χ0) is 20.8. The van der Waals surface area contributed by atoms with Crippen molar-refractivity contribution in [3.63, 3.8) is 0 Å². The Morgan fingerprint density at radius 3 is 2.72 bits per heavy atom. The first-order chi connectivity index (χ1) is 13.7. The number of anilines is 1. The monoisotopic (exact) mass is 408 g/mol. The van der Waals surface area contributed by atoms with E-state index in [9.17, 15) is 22.4 Å². The smallest absolute Gasteiger partial charge is 0.369 e. The van der Waals surface area contributed by atoms with Crippen LogP contribution in [-0.4, -0.2) is 38.3 Å². The summed E-state index contributed by atoms with van der Waals surface area (Å²) < 4.78 is 54.8. The Hall–Kier alpha value is -3.24. The van der Waals surface area contributed by atoms with Crippen LogP contribution in [0.1, 0.15) is 18.4 Å². The number of amides is 1. The second kappa shape index (κ2) is 6.98. The maximum Gasteiger partial charge on any atom is 0.417 e. The molecule has 2 N–H and O–H groups in total. The predicted molar refractivity (Wildman–Crippen MR) is 95.3 cm³/mol. The number of imidazole rings is 1. The summed E-state index contributed by atoms with van der Waals surface area (Å²) in [5.41, 5.74) is 4.98. The van der Waals surface area contributed by atoms with E-state index in [0.717, 1.165) is 18.5 Å². The maximum absolute atomic E-state index is 14.4. The number of carbonyl (C=O) groups excluding carboxylic acids is 1. The summed E-state index contributed by atoms with van der Waals surface area (Å²) in [4.78, 5) is 25.3. The van der Waals surface area contributed by atoms with Gasteiger partial charge in [-0.3, -0.25) is 9.20 Å². The first-order valence-electron chi connectivity index (χ1n) is 8.85. The highest BCUT2D eigenvalue weighted by atomic mass is 19.4. The minimum Gasteiger partial charge on any atom is -0.369 e. The van der Waals surface area contributed by atoms with Gasteiger partial charge >= 0.3 is 6.18 Å².